The molecule has 2 aliphatic rings. The average Bonchev–Trinajstić information content (AvgIpc) is 3.42. The molecule has 29 heavy (non-hydrogen) atoms. The van der Waals surface area contributed by atoms with Crippen molar-refractivity contribution in [3.05, 3.63) is 29.7 Å². The van der Waals surface area contributed by atoms with Crippen LogP contribution in [-0.2, 0) is 16.1 Å². The van der Waals surface area contributed by atoms with E-state index in [9.17, 15) is 9.59 Å². The molecule has 2 amide bonds. The van der Waals surface area contributed by atoms with Crippen LogP contribution in [-0.4, -0.2) is 61.2 Å². The number of hydrogen-bond acceptors (Lipinski definition) is 6. The highest BCUT2D eigenvalue weighted by molar-refractivity contribution is 5.80. The summed E-state index contributed by atoms with van der Waals surface area (Å²) in [6.45, 7) is 5.39. The van der Waals surface area contributed by atoms with E-state index in [0.717, 1.165) is 31.4 Å². The Morgan fingerprint density at radius 1 is 1.14 bits per heavy atom. The molecule has 2 aromatic heterocycles. The quantitative estimate of drug-likeness (QED) is 0.777. The van der Waals surface area contributed by atoms with Crippen molar-refractivity contribution in [1.29, 1.82) is 0 Å². The first-order valence-corrected chi connectivity index (χ1v) is 10.4. The summed E-state index contributed by atoms with van der Waals surface area (Å²) in [7, 11) is 0. The molecule has 9 nitrogen and oxygen atoms in total. The minimum absolute atomic E-state index is 0.00345. The molecule has 0 N–H and O–H groups in total. The minimum Gasteiger partial charge on any atom is -0.339 e. The zero-order valence-corrected chi connectivity index (χ0v) is 17.1. The molecule has 3 heterocycles. The monoisotopic (exact) mass is 400 g/mol. The molecule has 1 aliphatic heterocycles. The molecule has 4 rings (SSSR count). The van der Waals surface area contributed by atoms with Crippen molar-refractivity contribution in [1.82, 2.24) is 29.7 Å². The highest BCUT2D eigenvalue weighted by Crippen LogP contribution is 2.32. The molecule has 0 radical (unpaired) electrons. The van der Waals surface area contributed by atoms with Crippen LogP contribution in [0.2, 0.25) is 0 Å². The van der Waals surface area contributed by atoms with Gasteiger partial charge in [-0.25, -0.2) is 0 Å². The lowest BCUT2D eigenvalue weighted by Gasteiger charge is -2.29. The first-order valence-electron chi connectivity index (χ1n) is 10.4. The fraction of sp³-hybridized carbons (Fsp3) is 0.650. The van der Waals surface area contributed by atoms with E-state index in [2.05, 4.69) is 15.2 Å². The summed E-state index contributed by atoms with van der Waals surface area (Å²) in [6.07, 6.45) is 6.47. The highest BCUT2D eigenvalue weighted by Gasteiger charge is 2.37. The molecule has 9 heteroatoms. The standard InChI is InChI=1S/C20H28N6O3/c1-14-7-10-25(22-14)13-18(27)24-9-8-17(19-21-15(2)23-29-19)26(12-11-24)20(28)16-5-3-4-6-16/h7,10,16-17H,3-6,8-9,11-13H2,1-2H3. The number of hydrogen-bond donors (Lipinski definition) is 0. The van der Waals surface area contributed by atoms with Gasteiger partial charge < -0.3 is 14.3 Å². The maximum absolute atomic E-state index is 13.2. The fourth-order valence-corrected chi connectivity index (χ4v) is 4.35. The molecule has 1 atom stereocenters. The third-order valence-corrected chi connectivity index (χ3v) is 5.90. The first kappa shape index (κ1) is 19.6. The van der Waals surface area contributed by atoms with Crippen molar-refractivity contribution in [3.63, 3.8) is 0 Å². The van der Waals surface area contributed by atoms with Gasteiger partial charge in [-0.2, -0.15) is 10.1 Å². The highest BCUT2D eigenvalue weighted by atomic mass is 16.5. The van der Waals surface area contributed by atoms with Crippen LogP contribution in [0.1, 0.15) is 55.6 Å². The molecule has 1 unspecified atom stereocenters. The normalized spacial score (nSPS) is 20.8. The van der Waals surface area contributed by atoms with Crippen LogP contribution in [0.4, 0.5) is 0 Å². The van der Waals surface area contributed by atoms with Gasteiger partial charge in [0, 0.05) is 31.7 Å². The lowest BCUT2D eigenvalue weighted by Crippen LogP contribution is -2.41. The number of nitrogens with zero attached hydrogens (tertiary/aromatic N) is 6. The Bertz CT molecular complexity index is 869. The second-order valence-corrected chi connectivity index (χ2v) is 8.03. The van der Waals surface area contributed by atoms with Crippen molar-refractivity contribution < 1.29 is 14.1 Å². The molecule has 1 saturated carbocycles. The smallest absolute Gasteiger partial charge is 0.249 e. The van der Waals surface area contributed by atoms with E-state index in [1.54, 1.807) is 11.6 Å². The number of carbonyl (C=O) groups excluding carboxylic acids is 2. The lowest BCUT2D eigenvalue weighted by atomic mass is 10.0. The molecule has 2 fully saturated rings. The summed E-state index contributed by atoms with van der Waals surface area (Å²) < 4.78 is 7.08. The fourth-order valence-electron chi connectivity index (χ4n) is 4.35. The van der Waals surface area contributed by atoms with E-state index in [0.29, 0.717) is 37.8 Å². The molecular formula is C20H28N6O3. The Morgan fingerprint density at radius 2 is 1.93 bits per heavy atom. The molecular weight excluding hydrogens is 372 g/mol. The van der Waals surface area contributed by atoms with Gasteiger partial charge in [0.1, 0.15) is 12.6 Å². The molecule has 156 valence electrons. The summed E-state index contributed by atoms with van der Waals surface area (Å²) >= 11 is 0. The van der Waals surface area contributed by atoms with Crippen LogP contribution in [0.25, 0.3) is 0 Å². The van der Waals surface area contributed by atoms with Crippen molar-refractivity contribution in [3.8, 4) is 0 Å². The van der Waals surface area contributed by atoms with Crippen LogP contribution in [0, 0.1) is 19.8 Å². The third-order valence-electron chi connectivity index (χ3n) is 5.90. The van der Waals surface area contributed by atoms with Crippen LogP contribution >= 0.6 is 0 Å². The zero-order valence-electron chi connectivity index (χ0n) is 17.1. The second kappa shape index (κ2) is 8.34. The van der Waals surface area contributed by atoms with E-state index in [4.69, 9.17) is 4.52 Å². The van der Waals surface area contributed by atoms with Crippen LogP contribution < -0.4 is 0 Å². The topological polar surface area (TPSA) is 97.4 Å². The number of aromatic nitrogens is 4. The largest absolute Gasteiger partial charge is 0.339 e. The average molecular weight is 400 g/mol. The zero-order chi connectivity index (χ0) is 20.4. The number of aryl methyl sites for hydroxylation is 2. The predicted molar refractivity (Wildman–Crippen MR) is 104 cm³/mol. The van der Waals surface area contributed by atoms with Gasteiger partial charge in [0.15, 0.2) is 5.82 Å². The van der Waals surface area contributed by atoms with Gasteiger partial charge >= 0.3 is 0 Å². The van der Waals surface area contributed by atoms with Gasteiger partial charge in [0.25, 0.3) is 0 Å². The molecule has 2 aromatic rings. The van der Waals surface area contributed by atoms with E-state index in [-0.39, 0.29) is 30.3 Å². The summed E-state index contributed by atoms with van der Waals surface area (Å²) in [5, 5.41) is 8.21. The van der Waals surface area contributed by atoms with Crippen molar-refractivity contribution >= 4 is 11.8 Å². The van der Waals surface area contributed by atoms with Gasteiger partial charge in [-0.1, -0.05) is 18.0 Å². The predicted octanol–water partition coefficient (Wildman–Crippen LogP) is 1.88. The molecule has 1 saturated heterocycles. The Kier molecular flexibility index (Phi) is 5.64. The summed E-state index contributed by atoms with van der Waals surface area (Å²) in [6, 6.07) is 1.60. The van der Waals surface area contributed by atoms with Gasteiger partial charge in [-0.15, -0.1) is 0 Å². The maximum Gasteiger partial charge on any atom is 0.249 e. The van der Waals surface area contributed by atoms with Crippen molar-refractivity contribution in [2.24, 2.45) is 5.92 Å². The first-order chi connectivity index (χ1) is 14.0. The Labute approximate surface area is 170 Å². The Hall–Kier alpha value is -2.71. The van der Waals surface area contributed by atoms with E-state index < -0.39 is 0 Å². The second-order valence-electron chi connectivity index (χ2n) is 8.03. The SMILES string of the molecule is Cc1ccn(CC(=O)N2CCC(c3nc(C)no3)N(C(=O)C3CCCC3)CC2)n1. The molecule has 0 aromatic carbocycles. The summed E-state index contributed by atoms with van der Waals surface area (Å²) in [5.74, 6) is 1.24. The summed E-state index contributed by atoms with van der Waals surface area (Å²) in [4.78, 5) is 34.1. The van der Waals surface area contributed by atoms with Crippen LogP contribution in [0.5, 0.6) is 0 Å². The molecule has 1 aliphatic carbocycles. The molecule has 0 bridgehead atoms. The van der Waals surface area contributed by atoms with Gasteiger partial charge in [-0.05, 0) is 39.2 Å². The van der Waals surface area contributed by atoms with Crippen LogP contribution in [0.3, 0.4) is 0 Å². The van der Waals surface area contributed by atoms with Crippen LogP contribution in [0.15, 0.2) is 16.8 Å². The maximum atomic E-state index is 13.2. The van der Waals surface area contributed by atoms with Gasteiger partial charge in [0.05, 0.1) is 5.69 Å². The minimum atomic E-state index is -0.283. The third kappa shape index (κ3) is 4.33. The Morgan fingerprint density at radius 3 is 2.59 bits per heavy atom. The lowest BCUT2D eigenvalue weighted by molar-refractivity contribution is -0.139. The van der Waals surface area contributed by atoms with Gasteiger partial charge in [0.2, 0.25) is 17.7 Å². The molecule has 0 spiro atoms. The van der Waals surface area contributed by atoms with E-state index in [1.807, 2.05) is 29.0 Å². The number of carbonyl (C=O) groups is 2. The summed E-state index contributed by atoms with van der Waals surface area (Å²) in [5.41, 5.74) is 0.883. The van der Waals surface area contributed by atoms with Crippen molar-refractivity contribution in [2.45, 2.75) is 58.5 Å². The van der Waals surface area contributed by atoms with Crippen molar-refractivity contribution in [2.75, 3.05) is 19.6 Å². The number of amides is 2. The van der Waals surface area contributed by atoms with E-state index in [1.165, 1.54) is 0 Å². The number of rotatable bonds is 4. The van der Waals surface area contributed by atoms with E-state index >= 15 is 0 Å². The Balaban J connectivity index is 1.50. The van der Waals surface area contributed by atoms with Gasteiger partial charge in [-0.3, -0.25) is 14.3 Å².